The fraction of sp³-hybridized carbons (Fsp3) is 0.360. The minimum absolute atomic E-state index is 0.179. The Morgan fingerprint density at radius 1 is 0.970 bits per heavy atom. The highest BCUT2D eigenvalue weighted by atomic mass is 32.1. The van der Waals surface area contributed by atoms with Gasteiger partial charge < -0.3 is 9.47 Å². The Kier molecular flexibility index (Phi) is 7.47. The number of carbonyl (C=O) groups is 2. The van der Waals surface area contributed by atoms with E-state index in [0.29, 0.717) is 18.5 Å². The molecule has 0 aliphatic carbocycles. The average Bonchev–Trinajstić information content (AvgIpc) is 3.46. The summed E-state index contributed by atoms with van der Waals surface area (Å²) in [6.45, 7) is 9.09. The molecule has 1 fully saturated rings. The molecule has 2 amide bonds. The van der Waals surface area contributed by atoms with Crippen molar-refractivity contribution in [1.29, 1.82) is 0 Å². The number of aryl methyl sites for hydroxylation is 1. The van der Waals surface area contributed by atoms with Gasteiger partial charge in [0.25, 0.3) is 5.91 Å². The summed E-state index contributed by atoms with van der Waals surface area (Å²) in [5.74, 6) is -0.466. The number of carbonyl (C=O) groups excluding carboxylic acids is 2. The van der Waals surface area contributed by atoms with Gasteiger partial charge >= 0.3 is 0 Å². The van der Waals surface area contributed by atoms with E-state index in [4.69, 9.17) is 0 Å². The van der Waals surface area contributed by atoms with E-state index in [1.807, 2.05) is 32.0 Å². The standard InChI is InChI=1S/C25H31N5O2S/c1-19-17-23(20(2)30(19)18-22-9-6-16-33-22)25(32)27-26-24(31)10-11-28-12-14-29(15-13-28)21-7-4-3-5-8-21/h3-9,16-17H,10-15,18H2,1-2H3,(H,26,31)(H,27,32). The molecule has 33 heavy (non-hydrogen) atoms. The molecule has 0 bridgehead atoms. The van der Waals surface area contributed by atoms with Gasteiger partial charge in [-0.3, -0.25) is 25.3 Å². The Balaban J connectivity index is 1.21. The normalized spacial score (nSPS) is 14.3. The number of rotatable bonds is 7. The smallest absolute Gasteiger partial charge is 0.271 e. The predicted molar refractivity (Wildman–Crippen MR) is 133 cm³/mol. The lowest BCUT2D eigenvalue weighted by molar-refractivity contribution is -0.122. The van der Waals surface area contributed by atoms with Gasteiger partial charge in [-0.1, -0.05) is 24.3 Å². The van der Waals surface area contributed by atoms with Gasteiger partial charge in [-0.15, -0.1) is 11.3 Å². The number of aromatic nitrogens is 1. The molecule has 0 spiro atoms. The fourth-order valence-corrected chi connectivity index (χ4v) is 4.91. The minimum Gasteiger partial charge on any atom is -0.369 e. The van der Waals surface area contributed by atoms with Gasteiger partial charge in [0, 0.05) is 61.1 Å². The molecule has 4 rings (SSSR count). The first kappa shape index (κ1) is 23.1. The lowest BCUT2D eigenvalue weighted by Gasteiger charge is -2.36. The van der Waals surface area contributed by atoms with Crippen molar-refractivity contribution in [1.82, 2.24) is 20.3 Å². The minimum atomic E-state index is -0.287. The third-order valence-corrected chi connectivity index (χ3v) is 7.04. The Bertz CT molecular complexity index is 1070. The van der Waals surface area contributed by atoms with Crippen molar-refractivity contribution in [2.45, 2.75) is 26.8 Å². The largest absolute Gasteiger partial charge is 0.369 e. The van der Waals surface area contributed by atoms with Crippen molar-refractivity contribution < 1.29 is 9.59 Å². The molecular weight excluding hydrogens is 434 g/mol. The monoisotopic (exact) mass is 465 g/mol. The Morgan fingerprint density at radius 3 is 2.42 bits per heavy atom. The van der Waals surface area contributed by atoms with Crippen LogP contribution in [0.15, 0.2) is 53.9 Å². The van der Waals surface area contributed by atoms with Crippen LogP contribution < -0.4 is 15.8 Å². The second-order valence-electron chi connectivity index (χ2n) is 8.37. The summed E-state index contributed by atoms with van der Waals surface area (Å²) in [6, 6.07) is 16.4. The number of benzene rings is 1. The van der Waals surface area contributed by atoms with Crippen LogP contribution in [0.5, 0.6) is 0 Å². The predicted octanol–water partition coefficient (Wildman–Crippen LogP) is 3.19. The molecule has 7 nitrogen and oxygen atoms in total. The molecule has 0 radical (unpaired) electrons. The molecule has 2 aromatic heterocycles. The van der Waals surface area contributed by atoms with Crippen LogP contribution in [0.3, 0.4) is 0 Å². The second-order valence-corrected chi connectivity index (χ2v) is 9.40. The molecule has 174 valence electrons. The first-order valence-electron chi connectivity index (χ1n) is 11.3. The van der Waals surface area contributed by atoms with Gasteiger partial charge in [-0.2, -0.15) is 0 Å². The number of para-hydroxylation sites is 1. The molecular formula is C25H31N5O2S. The van der Waals surface area contributed by atoms with E-state index in [1.54, 1.807) is 11.3 Å². The highest BCUT2D eigenvalue weighted by molar-refractivity contribution is 7.09. The zero-order valence-electron chi connectivity index (χ0n) is 19.2. The number of amides is 2. The molecule has 3 aromatic rings. The van der Waals surface area contributed by atoms with Crippen molar-refractivity contribution in [2.24, 2.45) is 0 Å². The highest BCUT2D eigenvalue weighted by Gasteiger charge is 2.19. The summed E-state index contributed by atoms with van der Waals surface area (Å²) in [6.07, 6.45) is 0.350. The number of nitrogens with one attached hydrogen (secondary N) is 2. The first-order valence-corrected chi connectivity index (χ1v) is 12.2. The van der Waals surface area contributed by atoms with Gasteiger partial charge in [-0.25, -0.2) is 0 Å². The topological polar surface area (TPSA) is 69.6 Å². The summed E-state index contributed by atoms with van der Waals surface area (Å²) in [5, 5.41) is 2.05. The molecule has 1 saturated heterocycles. The molecule has 0 atom stereocenters. The van der Waals surface area contributed by atoms with Gasteiger partial charge in [0.1, 0.15) is 0 Å². The third-order valence-electron chi connectivity index (χ3n) is 6.18. The molecule has 0 saturated carbocycles. The number of hydrazine groups is 1. The van der Waals surface area contributed by atoms with Crippen molar-refractivity contribution in [3.63, 3.8) is 0 Å². The van der Waals surface area contributed by atoms with Gasteiger partial charge in [0.05, 0.1) is 12.1 Å². The Morgan fingerprint density at radius 2 is 1.73 bits per heavy atom. The van der Waals surface area contributed by atoms with Crippen LogP contribution in [0.2, 0.25) is 0 Å². The van der Waals surface area contributed by atoms with Crippen LogP contribution in [0, 0.1) is 13.8 Å². The van der Waals surface area contributed by atoms with Crippen molar-refractivity contribution in [2.75, 3.05) is 37.6 Å². The van der Waals surface area contributed by atoms with Crippen LogP contribution in [0.1, 0.15) is 33.0 Å². The van der Waals surface area contributed by atoms with Crippen LogP contribution in [0.4, 0.5) is 5.69 Å². The third kappa shape index (κ3) is 5.83. The van der Waals surface area contributed by atoms with E-state index >= 15 is 0 Å². The average molecular weight is 466 g/mol. The highest BCUT2D eigenvalue weighted by Crippen LogP contribution is 2.19. The lowest BCUT2D eigenvalue weighted by Crippen LogP contribution is -2.48. The molecule has 1 aliphatic heterocycles. The molecule has 0 unspecified atom stereocenters. The van der Waals surface area contributed by atoms with Crippen molar-refractivity contribution in [3.8, 4) is 0 Å². The molecule has 1 aromatic carbocycles. The van der Waals surface area contributed by atoms with Crippen LogP contribution in [-0.2, 0) is 11.3 Å². The number of anilines is 1. The molecule has 2 N–H and O–H groups in total. The van der Waals surface area contributed by atoms with E-state index in [1.165, 1.54) is 10.6 Å². The van der Waals surface area contributed by atoms with Gasteiger partial charge in [0.2, 0.25) is 5.91 Å². The van der Waals surface area contributed by atoms with Crippen molar-refractivity contribution >= 4 is 28.8 Å². The fourth-order valence-electron chi connectivity index (χ4n) is 4.22. The quantitative estimate of drug-likeness (QED) is 0.526. The summed E-state index contributed by atoms with van der Waals surface area (Å²) < 4.78 is 2.12. The second kappa shape index (κ2) is 10.7. The SMILES string of the molecule is Cc1cc(C(=O)NNC(=O)CCN2CCN(c3ccccc3)CC2)c(C)n1Cc1cccs1. The van der Waals surface area contributed by atoms with Gasteiger partial charge in [0.15, 0.2) is 0 Å². The Labute approximate surface area is 199 Å². The maximum absolute atomic E-state index is 12.7. The van der Waals surface area contributed by atoms with E-state index < -0.39 is 0 Å². The van der Waals surface area contributed by atoms with Gasteiger partial charge in [-0.05, 0) is 43.5 Å². The summed E-state index contributed by atoms with van der Waals surface area (Å²) in [5.41, 5.74) is 8.89. The lowest BCUT2D eigenvalue weighted by atomic mass is 10.2. The Hall–Kier alpha value is -3.10. The van der Waals surface area contributed by atoms with E-state index in [-0.39, 0.29) is 11.8 Å². The van der Waals surface area contributed by atoms with Crippen LogP contribution >= 0.6 is 11.3 Å². The van der Waals surface area contributed by atoms with E-state index in [0.717, 1.165) is 44.1 Å². The number of hydrogen-bond donors (Lipinski definition) is 2. The number of hydrogen-bond acceptors (Lipinski definition) is 5. The number of thiophene rings is 1. The first-order chi connectivity index (χ1) is 16.0. The maximum Gasteiger partial charge on any atom is 0.271 e. The summed E-state index contributed by atoms with van der Waals surface area (Å²) in [4.78, 5) is 30.9. The van der Waals surface area contributed by atoms with Crippen LogP contribution in [-0.4, -0.2) is 54.0 Å². The van der Waals surface area contributed by atoms with E-state index in [9.17, 15) is 9.59 Å². The van der Waals surface area contributed by atoms with E-state index in [2.05, 4.69) is 60.9 Å². The summed E-state index contributed by atoms with van der Waals surface area (Å²) in [7, 11) is 0. The molecule has 3 heterocycles. The zero-order chi connectivity index (χ0) is 23.2. The zero-order valence-corrected chi connectivity index (χ0v) is 20.0. The van der Waals surface area contributed by atoms with Crippen molar-refractivity contribution in [3.05, 3.63) is 75.7 Å². The summed E-state index contributed by atoms with van der Waals surface area (Å²) >= 11 is 1.70. The number of piperazine rings is 1. The van der Waals surface area contributed by atoms with Crippen LogP contribution in [0.25, 0.3) is 0 Å². The molecule has 8 heteroatoms. The maximum atomic E-state index is 12.7. The molecule has 1 aliphatic rings. The number of nitrogens with zero attached hydrogens (tertiary/aromatic N) is 3.